The highest BCUT2D eigenvalue weighted by Gasteiger charge is 2.47. The quantitative estimate of drug-likeness (QED) is 0.168. The monoisotopic (exact) mass is 781 g/mol. The molecule has 2 heterocycles. The van der Waals surface area contributed by atoms with Crippen LogP contribution >= 0.6 is 0 Å². The third-order valence-corrected chi connectivity index (χ3v) is 12.1. The van der Waals surface area contributed by atoms with Crippen molar-refractivity contribution in [3.63, 3.8) is 0 Å². The van der Waals surface area contributed by atoms with Crippen LogP contribution in [0.3, 0.4) is 0 Å². The number of nitrogens with zero attached hydrogens (tertiary/aromatic N) is 3. The average molecular weight is 782 g/mol. The maximum absolute atomic E-state index is 6.78. The zero-order valence-corrected chi connectivity index (χ0v) is 32.9. The van der Waals surface area contributed by atoms with Crippen molar-refractivity contribution in [3.05, 3.63) is 235 Å². The Bertz CT molecular complexity index is 3270. The molecule has 1 aromatic heterocycles. The standard InChI is InChI=1S/C56H35N3O2/c1-4-17-37(18-5-1)53-57-54(59-55(58-53)45-28-15-19-36-16-10-11-26-43(36)45)40-21-14-20-38(32-40)39-30-31-49-50(33-39)61-51-34-46-44-27-12-13-29-47(44)56(41-22-6-2-7-23-41,42-24-8-3-9-25-42)48(46)35-52(51)60-49/h1-35H. The summed E-state index contributed by atoms with van der Waals surface area (Å²) in [6.45, 7) is 0. The summed E-state index contributed by atoms with van der Waals surface area (Å²) in [6.07, 6.45) is 0. The van der Waals surface area contributed by atoms with E-state index in [1.54, 1.807) is 0 Å². The van der Waals surface area contributed by atoms with E-state index < -0.39 is 5.41 Å². The fraction of sp³-hybridized carbons (Fsp3) is 0.0179. The topological polar surface area (TPSA) is 57.1 Å². The van der Waals surface area contributed by atoms with Crippen LogP contribution in [0.15, 0.2) is 212 Å². The van der Waals surface area contributed by atoms with Gasteiger partial charge < -0.3 is 9.47 Å². The summed E-state index contributed by atoms with van der Waals surface area (Å²) in [7, 11) is 0. The van der Waals surface area contributed by atoms with E-state index in [9.17, 15) is 0 Å². The van der Waals surface area contributed by atoms with E-state index >= 15 is 0 Å². The lowest BCUT2D eigenvalue weighted by molar-refractivity contribution is 0.359. The van der Waals surface area contributed by atoms with Gasteiger partial charge in [-0.05, 0) is 85.6 Å². The molecular weight excluding hydrogens is 747 g/mol. The second kappa shape index (κ2) is 14.0. The highest BCUT2D eigenvalue weighted by atomic mass is 16.6. The summed E-state index contributed by atoms with van der Waals surface area (Å²) >= 11 is 0. The van der Waals surface area contributed by atoms with Gasteiger partial charge >= 0.3 is 0 Å². The highest BCUT2D eigenvalue weighted by molar-refractivity contribution is 5.95. The molecule has 0 radical (unpaired) electrons. The third-order valence-electron chi connectivity index (χ3n) is 12.1. The first-order valence-corrected chi connectivity index (χ1v) is 20.5. The van der Waals surface area contributed by atoms with Crippen LogP contribution in [0.4, 0.5) is 0 Å². The molecular formula is C56H35N3O2. The van der Waals surface area contributed by atoms with Gasteiger partial charge in [0, 0.05) is 16.7 Å². The highest BCUT2D eigenvalue weighted by Crippen LogP contribution is 2.59. The molecule has 0 fully saturated rings. The van der Waals surface area contributed by atoms with Gasteiger partial charge in [0.05, 0.1) is 5.41 Å². The molecule has 5 heteroatoms. The Balaban J connectivity index is 0.935. The first-order chi connectivity index (χ1) is 30.2. The second-order valence-electron chi connectivity index (χ2n) is 15.5. The van der Waals surface area contributed by atoms with E-state index in [0.29, 0.717) is 40.5 Å². The van der Waals surface area contributed by atoms with Crippen LogP contribution in [0.25, 0.3) is 67.2 Å². The summed E-state index contributed by atoms with van der Waals surface area (Å²) < 4.78 is 13.5. The zero-order valence-electron chi connectivity index (χ0n) is 32.9. The van der Waals surface area contributed by atoms with Gasteiger partial charge in [0.2, 0.25) is 0 Å². The molecule has 5 nitrogen and oxygen atoms in total. The van der Waals surface area contributed by atoms with Gasteiger partial charge in [-0.15, -0.1) is 0 Å². The van der Waals surface area contributed by atoms with Crippen LogP contribution in [-0.4, -0.2) is 15.0 Å². The molecule has 12 rings (SSSR count). The molecule has 0 bridgehead atoms. The Kier molecular flexibility index (Phi) is 8.00. The normalized spacial score (nSPS) is 13.0. The summed E-state index contributed by atoms with van der Waals surface area (Å²) in [4.78, 5) is 15.2. The third kappa shape index (κ3) is 5.66. The molecule has 0 unspecified atom stereocenters. The number of aromatic nitrogens is 3. The second-order valence-corrected chi connectivity index (χ2v) is 15.5. The predicted octanol–water partition coefficient (Wildman–Crippen LogP) is 14.0. The largest absolute Gasteiger partial charge is 0.450 e. The van der Waals surface area contributed by atoms with Crippen molar-refractivity contribution >= 4 is 10.8 Å². The van der Waals surface area contributed by atoms with E-state index in [2.05, 4.69) is 170 Å². The van der Waals surface area contributed by atoms with Crippen molar-refractivity contribution < 1.29 is 9.47 Å². The first kappa shape index (κ1) is 34.9. The molecule has 0 saturated heterocycles. The Hall–Kier alpha value is -8.15. The van der Waals surface area contributed by atoms with Crippen molar-refractivity contribution in [2.45, 2.75) is 5.41 Å². The summed E-state index contributed by atoms with van der Waals surface area (Å²) in [6, 6.07) is 73.8. The van der Waals surface area contributed by atoms with Crippen molar-refractivity contribution in [2.24, 2.45) is 0 Å². The molecule has 0 N–H and O–H groups in total. The summed E-state index contributed by atoms with van der Waals surface area (Å²) in [5, 5.41) is 2.22. The lowest BCUT2D eigenvalue weighted by atomic mass is 9.67. The van der Waals surface area contributed by atoms with Crippen molar-refractivity contribution in [1.82, 2.24) is 15.0 Å². The van der Waals surface area contributed by atoms with Crippen LogP contribution in [0.2, 0.25) is 0 Å². The minimum absolute atomic E-state index is 0.530. The molecule has 10 aromatic rings. The maximum atomic E-state index is 6.78. The molecule has 1 aliphatic heterocycles. The first-order valence-electron chi connectivity index (χ1n) is 20.5. The van der Waals surface area contributed by atoms with Crippen LogP contribution in [0.1, 0.15) is 22.3 Å². The van der Waals surface area contributed by atoms with Gasteiger partial charge in [-0.2, -0.15) is 0 Å². The van der Waals surface area contributed by atoms with E-state index in [-0.39, 0.29) is 0 Å². The van der Waals surface area contributed by atoms with Crippen LogP contribution in [0.5, 0.6) is 23.0 Å². The van der Waals surface area contributed by atoms with Gasteiger partial charge in [-0.25, -0.2) is 15.0 Å². The summed E-state index contributed by atoms with van der Waals surface area (Å²) in [5.41, 5.74) is 11.4. The molecule has 286 valence electrons. The molecule has 1 aliphatic carbocycles. The number of ether oxygens (including phenoxy) is 2. The van der Waals surface area contributed by atoms with E-state index in [4.69, 9.17) is 24.4 Å². The number of hydrogen-bond acceptors (Lipinski definition) is 5. The average Bonchev–Trinajstić information content (AvgIpc) is 3.62. The Morgan fingerprint density at radius 1 is 0.311 bits per heavy atom. The van der Waals surface area contributed by atoms with E-state index in [1.807, 2.05) is 42.5 Å². The van der Waals surface area contributed by atoms with E-state index in [1.165, 1.54) is 27.8 Å². The molecule has 0 spiro atoms. The smallest absolute Gasteiger partial charge is 0.170 e. The molecule has 0 atom stereocenters. The SMILES string of the molecule is c1ccc(-c2nc(-c3cccc(-c4ccc5c(c4)Oc4cc6c(cc4O5)C(c4ccccc4)(c4ccccc4)c4ccccc4-6)c3)nc(-c3cccc4ccccc34)n2)cc1. The Morgan fingerprint density at radius 2 is 0.852 bits per heavy atom. The van der Waals surface area contributed by atoms with Crippen LogP contribution < -0.4 is 9.47 Å². The number of rotatable bonds is 6. The van der Waals surface area contributed by atoms with Gasteiger partial charge in [-0.3, -0.25) is 0 Å². The van der Waals surface area contributed by atoms with E-state index in [0.717, 1.165) is 44.2 Å². The molecule has 2 aliphatic rings. The molecule has 61 heavy (non-hydrogen) atoms. The maximum Gasteiger partial charge on any atom is 0.170 e. The van der Waals surface area contributed by atoms with Gasteiger partial charge in [-0.1, -0.05) is 182 Å². The van der Waals surface area contributed by atoms with Gasteiger partial charge in [0.15, 0.2) is 40.5 Å². The Labute approximate surface area is 353 Å². The number of hydrogen-bond donors (Lipinski definition) is 0. The minimum Gasteiger partial charge on any atom is -0.450 e. The predicted molar refractivity (Wildman–Crippen MR) is 243 cm³/mol. The van der Waals surface area contributed by atoms with Crippen LogP contribution in [0, 0.1) is 0 Å². The summed E-state index contributed by atoms with van der Waals surface area (Å²) in [5.74, 6) is 4.54. The Morgan fingerprint density at radius 3 is 1.66 bits per heavy atom. The fourth-order valence-electron chi connectivity index (χ4n) is 9.30. The zero-order chi connectivity index (χ0) is 40.3. The lowest BCUT2D eigenvalue weighted by Gasteiger charge is -2.34. The fourth-order valence-corrected chi connectivity index (χ4v) is 9.30. The minimum atomic E-state index is -0.530. The lowest BCUT2D eigenvalue weighted by Crippen LogP contribution is -2.28. The number of fused-ring (bicyclic) bond motifs is 6. The number of benzene rings is 9. The molecule has 0 amide bonds. The van der Waals surface area contributed by atoms with Crippen molar-refractivity contribution in [1.29, 1.82) is 0 Å². The van der Waals surface area contributed by atoms with Crippen LogP contribution in [-0.2, 0) is 5.41 Å². The molecule has 9 aromatic carbocycles. The van der Waals surface area contributed by atoms with Gasteiger partial charge in [0.1, 0.15) is 0 Å². The van der Waals surface area contributed by atoms with Crippen molar-refractivity contribution in [3.8, 4) is 79.4 Å². The van der Waals surface area contributed by atoms with Gasteiger partial charge in [0.25, 0.3) is 0 Å². The molecule has 0 saturated carbocycles. The van der Waals surface area contributed by atoms with Crippen molar-refractivity contribution in [2.75, 3.05) is 0 Å².